The number of sulfonamides is 1. The van der Waals surface area contributed by atoms with Gasteiger partial charge in [0.15, 0.2) is 0 Å². The summed E-state index contributed by atoms with van der Waals surface area (Å²) in [6.07, 6.45) is 2.04. The Kier molecular flexibility index (Phi) is 6.59. The van der Waals surface area contributed by atoms with Crippen molar-refractivity contribution in [3.63, 3.8) is 0 Å². The Balaban J connectivity index is 1.88. The SMILES string of the molecule is CCOc1ccc(C(=O)N2CCCC2)cc1CN(C)S(=O)(=O)c1ccc(C)cc1. The third-order valence-corrected chi connectivity index (χ3v) is 6.94. The molecule has 0 aromatic heterocycles. The van der Waals surface area contributed by atoms with Gasteiger partial charge in [0.25, 0.3) is 5.91 Å². The van der Waals surface area contributed by atoms with Gasteiger partial charge >= 0.3 is 0 Å². The van der Waals surface area contributed by atoms with Crippen LogP contribution in [-0.2, 0) is 16.6 Å². The Morgan fingerprint density at radius 1 is 1.10 bits per heavy atom. The molecule has 1 aliphatic heterocycles. The molecule has 0 unspecified atom stereocenters. The van der Waals surface area contributed by atoms with Crippen LogP contribution in [0.3, 0.4) is 0 Å². The molecule has 1 amide bonds. The lowest BCUT2D eigenvalue weighted by molar-refractivity contribution is 0.0792. The molecule has 1 saturated heterocycles. The van der Waals surface area contributed by atoms with E-state index in [0.717, 1.165) is 31.5 Å². The zero-order valence-corrected chi connectivity index (χ0v) is 18.0. The zero-order valence-electron chi connectivity index (χ0n) is 17.2. The number of hydrogen-bond donors (Lipinski definition) is 0. The van der Waals surface area contributed by atoms with Crippen LogP contribution in [0.25, 0.3) is 0 Å². The fourth-order valence-corrected chi connectivity index (χ4v) is 4.60. The van der Waals surface area contributed by atoms with E-state index in [0.29, 0.717) is 23.5 Å². The Bertz CT molecular complexity index is 965. The van der Waals surface area contributed by atoms with Crippen molar-refractivity contribution in [1.82, 2.24) is 9.21 Å². The van der Waals surface area contributed by atoms with E-state index in [1.54, 1.807) is 49.5 Å². The summed E-state index contributed by atoms with van der Waals surface area (Å²) < 4.78 is 32.9. The largest absolute Gasteiger partial charge is 0.494 e. The van der Waals surface area contributed by atoms with Crippen molar-refractivity contribution in [2.24, 2.45) is 0 Å². The summed E-state index contributed by atoms with van der Waals surface area (Å²) in [4.78, 5) is 14.8. The van der Waals surface area contributed by atoms with Crippen LogP contribution < -0.4 is 4.74 Å². The summed E-state index contributed by atoms with van der Waals surface area (Å²) in [5.41, 5.74) is 2.24. The maximum atomic E-state index is 13.0. The molecule has 7 heteroatoms. The lowest BCUT2D eigenvalue weighted by Gasteiger charge is -2.21. The molecule has 0 radical (unpaired) electrons. The summed E-state index contributed by atoms with van der Waals surface area (Å²) in [6.45, 7) is 5.90. The van der Waals surface area contributed by atoms with Gasteiger partial charge in [-0.15, -0.1) is 0 Å². The normalized spacial score (nSPS) is 14.4. The molecule has 3 rings (SSSR count). The smallest absolute Gasteiger partial charge is 0.253 e. The van der Waals surface area contributed by atoms with Gasteiger partial charge in [0.1, 0.15) is 5.75 Å². The second-order valence-electron chi connectivity index (χ2n) is 7.33. The van der Waals surface area contributed by atoms with Crippen molar-refractivity contribution in [2.75, 3.05) is 26.7 Å². The van der Waals surface area contributed by atoms with Crippen LogP contribution in [-0.4, -0.2) is 50.3 Å². The van der Waals surface area contributed by atoms with Gasteiger partial charge in [-0.25, -0.2) is 8.42 Å². The number of carbonyl (C=O) groups excluding carboxylic acids is 1. The van der Waals surface area contributed by atoms with E-state index in [-0.39, 0.29) is 17.3 Å². The molecule has 6 nitrogen and oxygen atoms in total. The van der Waals surface area contributed by atoms with Crippen molar-refractivity contribution >= 4 is 15.9 Å². The van der Waals surface area contributed by atoms with Crippen molar-refractivity contribution in [1.29, 1.82) is 0 Å². The molecular formula is C22H28N2O4S. The lowest BCUT2D eigenvalue weighted by atomic mass is 10.1. The minimum Gasteiger partial charge on any atom is -0.494 e. The number of hydrogen-bond acceptors (Lipinski definition) is 4. The summed E-state index contributed by atoms with van der Waals surface area (Å²) in [5.74, 6) is 0.576. The first kappa shape index (κ1) is 21.3. The molecule has 0 atom stereocenters. The number of likely N-dealkylation sites (tertiary alicyclic amines) is 1. The molecule has 1 fully saturated rings. The third kappa shape index (κ3) is 4.79. The predicted molar refractivity (Wildman–Crippen MR) is 113 cm³/mol. The first-order chi connectivity index (χ1) is 13.8. The summed E-state index contributed by atoms with van der Waals surface area (Å²) in [7, 11) is -2.11. The number of amides is 1. The Morgan fingerprint density at radius 2 is 1.76 bits per heavy atom. The highest BCUT2D eigenvalue weighted by Crippen LogP contribution is 2.26. The summed E-state index contributed by atoms with van der Waals surface area (Å²) >= 11 is 0. The van der Waals surface area contributed by atoms with E-state index in [4.69, 9.17) is 4.74 Å². The second kappa shape index (κ2) is 8.97. The van der Waals surface area contributed by atoms with Crippen LogP contribution in [0.5, 0.6) is 5.75 Å². The standard InChI is InChI=1S/C22H28N2O4S/c1-4-28-21-12-9-18(22(25)24-13-5-6-14-24)15-19(21)16-23(3)29(26,27)20-10-7-17(2)8-11-20/h7-12,15H,4-6,13-14,16H2,1-3H3. The molecule has 0 bridgehead atoms. The van der Waals surface area contributed by atoms with Crippen molar-refractivity contribution in [3.8, 4) is 5.75 Å². The number of carbonyl (C=O) groups is 1. The average Bonchev–Trinajstić information content (AvgIpc) is 3.24. The number of rotatable bonds is 7. The van der Waals surface area contributed by atoms with E-state index < -0.39 is 10.0 Å². The molecule has 2 aromatic carbocycles. The van der Waals surface area contributed by atoms with Crippen LogP contribution in [0, 0.1) is 6.92 Å². The number of benzene rings is 2. The number of ether oxygens (including phenoxy) is 1. The quantitative estimate of drug-likeness (QED) is 0.693. The molecule has 2 aromatic rings. The molecule has 29 heavy (non-hydrogen) atoms. The highest BCUT2D eigenvalue weighted by atomic mass is 32.2. The molecule has 0 spiro atoms. The van der Waals surface area contributed by atoms with E-state index in [1.807, 2.05) is 18.7 Å². The third-order valence-electron chi connectivity index (χ3n) is 5.12. The van der Waals surface area contributed by atoms with Crippen molar-refractivity contribution in [3.05, 3.63) is 59.2 Å². The Labute approximate surface area is 173 Å². The first-order valence-electron chi connectivity index (χ1n) is 9.91. The highest BCUT2D eigenvalue weighted by Gasteiger charge is 2.24. The number of nitrogens with zero attached hydrogens (tertiary/aromatic N) is 2. The van der Waals surface area contributed by atoms with E-state index in [2.05, 4.69) is 0 Å². The monoisotopic (exact) mass is 416 g/mol. The second-order valence-corrected chi connectivity index (χ2v) is 9.37. The zero-order chi connectivity index (χ0) is 21.0. The maximum Gasteiger partial charge on any atom is 0.253 e. The van der Waals surface area contributed by atoms with Gasteiger partial charge in [0.05, 0.1) is 11.5 Å². The minimum absolute atomic E-state index is 0.0177. The van der Waals surface area contributed by atoms with Crippen LogP contribution >= 0.6 is 0 Å². The molecule has 0 saturated carbocycles. The van der Waals surface area contributed by atoms with Gasteiger partial charge < -0.3 is 9.64 Å². The van der Waals surface area contributed by atoms with E-state index in [9.17, 15) is 13.2 Å². The van der Waals surface area contributed by atoms with Crippen LogP contribution in [0.15, 0.2) is 47.4 Å². The van der Waals surface area contributed by atoms with E-state index in [1.165, 1.54) is 4.31 Å². The van der Waals surface area contributed by atoms with Gasteiger partial charge in [-0.3, -0.25) is 4.79 Å². The van der Waals surface area contributed by atoms with Crippen LogP contribution in [0.1, 0.15) is 41.3 Å². The fourth-order valence-electron chi connectivity index (χ4n) is 3.45. The maximum absolute atomic E-state index is 13.0. The van der Waals surface area contributed by atoms with E-state index >= 15 is 0 Å². The molecular weight excluding hydrogens is 388 g/mol. The number of aryl methyl sites for hydroxylation is 1. The van der Waals surface area contributed by atoms with Gasteiger partial charge in [-0.2, -0.15) is 4.31 Å². The minimum atomic E-state index is -3.65. The molecule has 1 heterocycles. The van der Waals surface area contributed by atoms with Crippen molar-refractivity contribution in [2.45, 2.75) is 38.1 Å². The highest BCUT2D eigenvalue weighted by molar-refractivity contribution is 7.89. The molecule has 1 aliphatic rings. The fraction of sp³-hybridized carbons (Fsp3) is 0.409. The topological polar surface area (TPSA) is 66.9 Å². The summed E-state index contributed by atoms with van der Waals surface area (Å²) in [5, 5.41) is 0. The van der Waals surface area contributed by atoms with Crippen LogP contribution in [0.4, 0.5) is 0 Å². The predicted octanol–water partition coefficient (Wildman–Crippen LogP) is 3.45. The Morgan fingerprint density at radius 3 is 2.38 bits per heavy atom. The average molecular weight is 417 g/mol. The van der Waals surface area contributed by atoms with Gasteiger partial charge in [-0.05, 0) is 57.0 Å². The lowest BCUT2D eigenvalue weighted by Crippen LogP contribution is -2.29. The Hall–Kier alpha value is -2.38. The van der Waals surface area contributed by atoms with Crippen LogP contribution in [0.2, 0.25) is 0 Å². The summed E-state index contributed by atoms with van der Waals surface area (Å²) in [6, 6.07) is 12.0. The van der Waals surface area contributed by atoms with Gasteiger partial charge in [0.2, 0.25) is 10.0 Å². The first-order valence-corrected chi connectivity index (χ1v) is 11.3. The molecule has 156 valence electrons. The molecule has 0 aliphatic carbocycles. The van der Waals surface area contributed by atoms with Crippen molar-refractivity contribution < 1.29 is 17.9 Å². The molecule has 0 N–H and O–H groups in total. The van der Waals surface area contributed by atoms with Gasteiger partial charge in [-0.1, -0.05) is 17.7 Å². The van der Waals surface area contributed by atoms with Gasteiger partial charge in [0, 0.05) is 37.8 Å².